The SMILES string of the molecule is CN(C)CCCNC(=O)c1cnc(OCC(O)CNCCOc2ccc(C(N)=O)cc2)s1. The Labute approximate surface area is 191 Å². The minimum atomic E-state index is -0.739. The van der Waals surface area contributed by atoms with Gasteiger partial charge in [0.2, 0.25) is 5.91 Å². The van der Waals surface area contributed by atoms with Gasteiger partial charge >= 0.3 is 0 Å². The van der Waals surface area contributed by atoms with Crippen molar-refractivity contribution in [1.29, 1.82) is 0 Å². The van der Waals surface area contributed by atoms with Crippen LogP contribution in [0.15, 0.2) is 30.5 Å². The van der Waals surface area contributed by atoms with E-state index in [2.05, 4.69) is 20.5 Å². The third-order valence-corrected chi connectivity index (χ3v) is 5.15. The van der Waals surface area contributed by atoms with Gasteiger partial charge in [0.1, 0.15) is 29.9 Å². The molecule has 0 bridgehead atoms. The molecule has 1 heterocycles. The highest BCUT2D eigenvalue weighted by Crippen LogP contribution is 2.20. The van der Waals surface area contributed by atoms with Gasteiger partial charge in [-0.15, -0.1) is 0 Å². The van der Waals surface area contributed by atoms with Crippen LogP contribution in [0, 0.1) is 0 Å². The van der Waals surface area contributed by atoms with Crippen LogP contribution in [0.3, 0.4) is 0 Å². The first kappa shape index (κ1) is 25.5. The Morgan fingerprint density at radius 3 is 2.66 bits per heavy atom. The van der Waals surface area contributed by atoms with Gasteiger partial charge in [-0.05, 0) is 51.3 Å². The Morgan fingerprint density at radius 1 is 1.22 bits per heavy atom. The predicted molar refractivity (Wildman–Crippen MR) is 122 cm³/mol. The maximum Gasteiger partial charge on any atom is 0.273 e. The van der Waals surface area contributed by atoms with Crippen molar-refractivity contribution in [3.8, 4) is 10.9 Å². The molecule has 32 heavy (non-hydrogen) atoms. The molecule has 0 aliphatic heterocycles. The van der Waals surface area contributed by atoms with E-state index in [1.165, 1.54) is 6.20 Å². The number of thiazole rings is 1. The molecule has 2 aromatic rings. The first-order chi connectivity index (χ1) is 15.3. The van der Waals surface area contributed by atoms with E-state index >= 15 is 0 Å². The van der Waals surface area contributed by atoms with E-state index in [0.717, 1.165) is 24.3 Å². The normalized spacial score (nSPS) is 11.9. The van der Waals surface area contributed by atoms with Crippen LogP contribution in [0.5, 0.6) is 10.9 Å². The lowest BCUT2D eigenvalue weighted by molar-refractivity contribution is 0.0954. The highest BCUT2D eigenvalue weighted by atomic mass is 32.1. The van der Waals surface area contributed by atoms with Crippen LogP contribution in [0.2, 0.25) is 0 Å². The van der Waals surface area contributed by atoms with Crippen LogP contribution < -0.4 is 25.8 Å². The molecule has 1 aromatic carbocycles. The molecule has 2 rings (SSSR count). The lowest BCUT2D eigenvalue weighted by atomic mass is 10.2. The van der Waals surface area contributed by atoms with Gasteiger partial charge in [0.25, 0.3) is 11.1 Å². The van der Waals surface area contributed by atoms with Crippen LogP contribution in [0.1, 0.15) is 26.5 Å². The lowest BCUT2D eigenvalue weighted by Crippen LogP contribution is -2.33. The molecule has 0 aliphatic carbocycles. The summed E-state index contributed by atoms with van der Waals surface area (Å²) in [5.74, 6) is -0.0353. The molecule has 10 nitrogen and oxygen atoms in total. The number of benzene rings is 1. The van der Waals surface area contributed by atoms with Crippen LogP contribution >= 0.6 is 11.3 Å². The van der Waals surface area contributed by atoms with E-state index in [1.807, 2.05) is 14.1 Å². The van der Waals surface area contributed by atoms with E-state index in [1.54, 1.807) is 24.3 Å². The van der Waals surface area contributed by atoms with Crippen molar-refractivity contribution >= 4 is 23.2 Å². The highest BCUT2D eigenvalue weighted by Gasteiger charge is 2.12. The van der Waals surface area contributed by atoms with Crippen LogP contribution in [-0.2, 0) is 0 Å². The van der Waals surface area contributed by atoms with Gasteiger partial charge in [0.05, 0.1) is 6.20 Å². The Balaban J connectivity index is 1.57. The fourth-order valence-corrected chi connectivity index (χ4v) is 3.26. The molecule has 0 fully saturated rings. The number of hydrogen-bond donors (Lipinski definition) is 4. The van der Waals surface area contributed by atoms with Gasteiger partial charge in [-0.25, -0.2) is 4.98 Å². The third kappa shape index (κ3) is 9.60. The van der Waals surface area contributed by atoms with Gasteiger partial charge in [0, 0.05) is 25.2 Å². The van der Waals surface area contributed by atoms with Crippen LogP contribution in [0.4, 0.5) is 0 Å². The summed E-state index contributed by atoms with van der Waals surface area (Å²) >= 11 is 1.14. The molecule has 11 heteroatoms. The van der Waals surface area contributed by atoms with Crippen LogP contribution in [-0.4, -0.2) is 86.4 Å². The number of nitrogens with zero attached hydrogens (tertiary/aromatic N) is 2. The molecular weight excluding hydrogens is 434 g/mol. The second-order valence-corrected chi connectivity index (χ2v) is 8.30. The summed E-state index contributed by atoms with van der Waals surface area (Å²) in [4.78, 5) is 29.7. The zero-order chi connectivity index (χ0) is 23.3. The van der Waals surface area contributed by atoms with Crippen molar-refractivity contribution in [1.82, 2.24) is 20.5 Å². The number of aliphatic hydroxyl groups excluding tert-OH is 1. The van der Waals surface area contributed by atoms with Gasteiger partial charge in [-0.2, -0.15) is 0 Å². The summed E-state index contributed by atoms with van der Waals surface area (Å²) in [6.45, 7) is 2.78. The summed E-state index contributed by atoms with van der Waals surface area (Å²) in [6, 6.07) is 6.56. The maximum atomic E-state index is 12.1. The Kier molecular flexibility index (Phi) is 10.9. The molecule has 0 saturated heterocycles. The standard InChI is InChI=1S/C21H31N5O5S/c1-26(2)10-3-8-24-20(29)18-13-25-21(32-18)31-14-16(27)12-23-9-11-30-17-6-4-15(5-7-17)19(22)28/h4-7,13,16,23,27H,3,8-12,14H2,1-2H3,(H2,22,28)(H,24,29). The number of ether oxygens (including phenoxy) is 2. The molecule has 1 aromatic heterocycles. The van der Waals surface area contributed by atoms with Gasteiger partial charge in [0.15, 0.2) is 0 Å². The zero-order valence-corrected chi connectivity index (χ0v) is 19.2. The van der Waals surface area contributed by atoms with E-state index < -0.39 is 12.0 Å². The Hall–Kier alpha value is -2.73. The summed E-state index contributed by atoms with van der Waals surface area (Å²) in [5, 5.41) is 16.3. The fraction of sp³-hybridized carbons (Fsp3) is 0.476. The van der Waals surface area contributed by atoms with Crippen molar-refractivity contribution in [2.45, 2.75) is 12.5 Å². The minimum Gasteiger partial charge on any atom is -0.492 e. The highest BCUT2D eigenvalue weighted by molar-refractivity contribution is 7.15. The number of aliphatic hydroxyl groups is 1. The van der Waals surface area contributed by atoms with Crippen molar-refractivity contribution in [3.05, 3.63) is 40.9 Å². The average molecular weight is 466 g/mol. The van der Waals surface area contributed by atoms with Gasteiger partial charge in [-0.1, -0.05) is 11.3 Å². The predicted octanol–water partition coefficient (Wildman–Crippen LogP) is 0.332. The third-order valence-electron chi connectivity index (χ3n) is 4.24. The second kappa shape index (κ2) is 13.6. The fourth-order valence-electron chi connectivity index (χ4n) is 2.57. The molecular formula is C21H31N5O5S. The summed E-state index contributed by atoms with van der Waals surface area (Å²) < 4.78 is 11.0. The summed E-state index contributed by atoms with van der Waals surface area (Å²) in [5.41, 5.74) is 5.62. The number of nitrogens with two attached hydrogens (primary N) is 1. The minimum absolute atomic E-state index is 0.0554. The van der Waals surface area contributed by atoms with Crippen molar-refractivity contribution < 1.29 is 24.2 Å². The molecule has 2 amide bonds. The number of nitrogens with one attached hydrogen (secondary N) is 2. The summed E-state index contributed by atoms with van der Waals surface area (Å²) in [6.07, 6.45) is 1.60. The van der Waals surface area contributed by atoms with Crippen molar-refractivity contribution in [3.63, 3.8) is 0 Å². The largest absolute Gasteiger partial charge is 0.492 e. The van der Waals surface area contributed by atoms with E-state index in [4.69, 9.17) is 15.2 Å². The quantitative estimate of drug-likeness (QED) is 0.276. The molecule has 1 atom stereocenters. The van der Waals surface area contributed by atoms with Crippen molar-refractivity contribution in [2.24, 2.45) is 5.73 Å². The zero-order valence-electron chi connectivity index (χ0n) is 18.4. The molecule has 0 spiro atoms. The topological polar surface area (TPSA) is 139 Å². The summed E-state index contributed by atoms with van der Waals surface area (Å²) in [7, 11) is 3.97. The Bertz CT molecular complexity index is 843. The lowest BCUT2D eigenvalue weighted by Gasteiger charge is -2.12. The van der Waals surface area contributed by atoms with E-state index in [-0.39, 0.29) is 12.5 Å². The van der Waals surface area contributed by atoms with E-state index in [0.29, 0.717) is 47.6 Å². The number of hydrogen-bond acceptors (Lipinski definition) is 9. The molecule has 5 N–H and O–H groups in total. The number of rotatable bonds is 15. The number of carbonyl (C=O) groups is 2. The molecule has 0 aliphatic rings. The second-order valence-electron chi connectivity index (χ2n) is 7.31. The first-order valence-electron chi connectivity index (χ1n) is 10.3. The van der Waals surface area contributed by atoms with E-state index in [9.17, 15) is 14.7 Å². The molecule has 0 radical (unpaired) electrons. The smallest absolute Gasteiger partial charge is 0.273 e. The van der Waals surface area contributed by atoms with Crippen LogP contribution in [0.25, 0.3) is 0 Å². The number of carbonyl (C=O) groups excluding carboxylic acids is 2. The first-order valence-corrected chi connectivity index (χ1v) is 11.1. The number of amides is 2. The number of primary amides is 1. The maximum absolute atomic E-state index is 12.1. The average Bonchev–Trinajstić information content (AvgIpc) is 3.24. The monoisotopic (exact) mass is 465 g/mol. The molecule has 176 valence electrons. The van der Waals surface area contributed by atoms with Gasteiger partial charge in [-0.3, -0.25) is 9.59 Å². The van der Waals surface area contributed by atoms with Crippen molar-refractivity contribution in [2.75, 3.05) is 53.5 Å². The van der Waals surface area contributed by atoms with Gasteiger partial charge < -0.3 is 35.8 Å². The molecule has 0 saturated carbocycles. The molecule has 1 unspecified atom stereocenters. The number of aromatic nitrogens is 1. The Morgan fingerprint density at radius 2 is 1.97 bits per heavy atom.